The molecule has 0 bridgehead atoms. The largest absolute Gasteiger partial charge is 0.382 e. The highest BCUT2D eigenvalue weighted by atomic mass is 32.2. The van der Waals surface area contributed by atoms with Crippen LogP contribution in [0.5, 0.6) is 0 Å². The third-order valence-corrected chi connectivity index (χ3v) is 7.72. The van der Waals surface area contributed by atoms with Crippen LogP contribution in [0.3, 0.4) is 0 Å². The van der Waals surface area contributed by atoms with Gasteiger partial charge in [0.15, 0.2) is 11.6 Å². The minimum atomic E-state index is -4.01. The minimum Gasteiger partial charge on any atom is -0.382 e. The number of rotatable bonds is 14. The van der Waals surface area contributed by atoms with E-state index in [-0.39, 0.29) is 37.4 Å². The summed E-state index contributed by atoms with van der Waals surface area (Å²) in [5.74, 6) is 0.904. The lowest BCUT2D eigenvalue weighted by molar-refractivity contribution is 0.0405. The maximum Gasteiger partial charge on any atom is 0.240 e. The molecule has 13 heteroatoms. The van der Waals surface area contributed by atoms with E-state index < -0.39 is 21.4 Å². The van der Waals surface area contributed by atoms with Gasteiger partial charge < -0.3 is 18.9 Å². The summed E-state index contributed by atoms with van der Waals surface area (Å²) in [6.07, 6.45) is 4.54. The molecule has 1 fully saturated rings. The predicted octanol–water partition coefficient (Wildman–Crippen LogP) is 2.75. The number of ether oxygens (including phenoxy) is 4. The van der Waals surface area contributed by atoms with Gasteiger partial charge in [-0.25, -0.2) is 18.4 Å². The van der Waals surface area contributed by atoms with Crippen molar-refractivity contribution in [3.63, 3.8) is 0 Å². The topological polar surface area (TPSA) is 140 Å². The zero-order valence-electron chi connectivity index (χ0n) is 21.9. The number of aryl methyl sites for hydroxylation is 1. The highest BCUT2D eigenvalue weighted by molar-refractivity contribution is 7.93. The fraction of sp³-hybridized carbons (Fsp3) is 0.739. The van der Waals surface area contributed by atoms with Gasteiger partial charge in [-0.15, -0.1) is 10.2 Å². The maximum absolute atomic E-state index is 13.6. The molecule has 0 radical (unpaired) electrons. The van der Waals surface area contributed by atoms with Gasteiger partial charge in [-0.1, -0.05) is 6.92 Å². The van der Waals surface area contributed by atoms with Crippen LogP contribution in [0.1, 0.15) is 75.5 Å². The Morgan fingerprint density at radius 3 is 2.39 bits per heavy atom. The summed E-state index contributed by atoms with van der Waals surface area (Å²) in [4.78, 5) is 8.64. The van der Waals surface area contributed by atoms with Gasteiger partial charge in [0.2, 0.25) is 16.0 Å². The van der Waals surface area contributed by atoms with E-state index in [1.54, 1.807) is 38.1 Å². The molecule has 36 heavy (non-hydrogen) atoms. The standard InChI is InChI=1S/C23H38N6O6S/c1-7-10-34-20(21-24-11-15(2)12-25-21)17(4)36(30,31)28-23-27-26-22(19-9-8-16(3)35-19)29(23)18(13-32-5)14-33-6/h11-12,16-20H,7-10,13-14H2,1-6H3,(H,27,28)/t16-,17+,19-,20-/m1/s1. The molecule has 1 N–H and O–H groups in total. The predicted molar refractivity (Wildman–Crippen MR) is 133 cm³/mol. The Morgan fingerprint density at radius 1 is 1.17 bits per heavy atom. The van der Waals surface area contributed by atoms with E-state index in [2.05, 4.69) is 24.9 Å². The van der Waals surface area contributed by atoms with Crippen LogP contribution >= 0.6 is 0 Å². The Kier molecular flexibility index (Phi) is 10.1. The van der Waals surface area contributed by atoms with Crippen LogP contribution in [0, 0.1) is 6.92 Å². The lowest BCUT2D eigenvalue weighted by Crippen LogP contribution is -2.35. The van der Waals surface area contributed by atoms with Crippen LogP contribution in [0.15, 0.2) is 12.4 Å². The smallest absolute Gasteiger partial charge is 0.240 e. The molecule has 12 nitrogen and oxygen atoms in total. The molecule has 0 saturated carbocycles. The van der Waals surface area contributed by atoms with Crippen LogP contribution in [0.2, 0.25) is 0 Å². The van der Waals surface area contributed by atoms with Crippen molar-refractivity contribution < 1.29 is 27.4 Å². The molecular formula is C23H38N6O6S. The van der Waals surface area contributed by atoms with Crippen LogP contribution in [0.25, 0.3) is 0 Å². The molecule has 0 aromatic carbocycles. The Hall–Kier alpha value is -2.19. The normalized spacial score (nSPS) is 20.1. The Balaban J connectivity index is 1.95. The molecule has 3 heterocycles. The quantitative estimate of drug-likeness (QED) is 0.391. The van der Waals surface area contributed by atoms with Crippen LogP contribution in [0.4, 0.5) is 5.95 Å². The van der Waals surface area contributed by atoms with Crippen LogP contribution in [-0.2, 0) is 29.0 Å². The first-order valence-electron chi connectivity index (χ1n) is 12.2. The second-order valence-electron chi connectivity index (χ2n) is 9.09. The molecule has 0 aliphatic carbocycles. The average molecular weight is 527 g/mol. The summed E-state index contributed by atoms with van der Waals surface area (Å²) in [5.41, 5.74) is 0.869. The van der Waals surface area contributed by atoms with Gasteiger partial charge in [0.05, 0.1) is 25.4 Å². The van der Waals surface area contributed by atoms with Crippen molar-refractivity contribution in [1.29, 1.82) is 0 Å². The third-order valence-electron chi connectivity index (χ3n) is 6.03. The van der Waals surface area contributed by atoms with Gasteiger partial charge in [-0.2, -0.15) is 0 Å². The van der Waals surface area contributed by atoms with E-state index in [1.165, 1.54) is 0 Å². The molecule has 1 saturated heterocycles. The number of anilines is 1. The Labute approximate surface area is 213 Å². The van der Waals surface area contributed by atoms with Crippen molar-refractivity contribution in [2.24, 2.45) is 0 Å². The van der Waals surface area contributed by atoms with E-state index >= 15 is 0 Å². The average Bonchev–Trinajstić information content (AvgIpc) is 3.45. The number of sulfonamides is 1. The molecule has 202 valence electrons. The van der Waals surface area contributed by atoms with E-state index in [4.69, 9.17) is 18.9 Å². The number of nitrogens with zero attached hydrogens (tertiary/aromatic N) is 5. The van der Waals surface area contributed by atoms with Crippen molar-refractivity contribution in [2.75, 3.05) is 38.8 Å². The van der Waals surface area contributed by atoms with Gasteiger partial charge in [-0.05, 0) is 45.6 Å². The van der Waals surface area contributed by atoms with Crippen molar-refractivity contribution >= 4 is 16.0 Å². The monoisotopic (exact) mass is 526 g/mol. The van der Waals surface area contributed by atoms with Crippen molar-refractivity contribution in [2.45, 2.75) is 76.6 Å². The van der Waals surface area contributed by atoms with Crippen molar-refractivity contribution in [3.05, 3.63) is 29.6 Å². The molecule has 2 aromatic heterocycles. The van der Waals surface area contributed by atoms with Gasteiger partial charge in [0.25, 0.3) is 0 Å². The van der Waals surface area contributed by atoms with Crippen molar-refractivity contribution in [3.8, 4) is 0 Å². The first kappa shape index (κ1) is 28.4. The zero-order chi connectivity index (χ0) is 26.3. The molecule has 0 unspecified atom stereocenters. The second kappa shape index (κ2) is 12.9. The zero-order valence-corrected chi connectivity index (χ0v) is 22.7. The highest BCUT2D eigenvalue weighted by Gasteiger charge is 2.37. The number of nitrogens with one attached hydrogen (secondary N) is 1. The van der Waals surface area contributed by atoms with E-state index in [0.29, 0.717) is 18.3 Å². The Morgan fingerprint density at radius 2 is 1.83 bits per heavy atom. The first-order valence-corrected chi connectivity index (χ1v) is 13.8. The van der Waals surface area contributed by atoms with Crippen LogP contribution in [-0.4, -0.2) is 78.5 Å². The number of hydrogen-bond acceptors (Lipinski definition) is 10. The first-order chi connectivity index (χ1) is 17.2. The minimum absolute atomic E-state index is 0.0677. The van der Waals surface area contributed by atoms with E-state index in [0.717, 1.165) is 24.8 Å². The van der Waals surface area contributed by atoms with Gasteiger partial charge >= 0.3 is 0 Å². The summed E-state index contributed by atoms with van der Waals surface area (Å²) in [6.45, 7) is 8.28. The molecule has 2 aromatic rings. The number of methoxy groups -OCH3 is 2. The molecule has 1 aliphatic rings. The molecule has 1 aliphatic heterocycles. The molecule has 0 amide bonds. The van der Waals surface area contributed by atoms with E-state index in [9.17, 15) is 8.42 Å². The van der Waals surface area contributed by atoms with E-state index in [1.807, 2.05) is 20.8 Å². The van der Waals surface area contributed by atoms with Crippen LogP contribution < -0.4 is 4.72 Å². The summed E-state index contributed by atoms with van der Waals surface area (Å²) < 4.78 is 54.2. The molecule has 3 rings (SSSR count). The fourth-order valence-corrected chi connectivity index (χ4v) is 5.23. The molecular weight excluding hydrogens is 488 g/mol. The molecule has 4 atom stereocenters. The summed E-state index contributed by atoms with van der Waals surface area (Å²) in [7, 11) is -0.862. The summed E-state index contributed by atoms with van der Waals surface area (Å²) >= 11 is 0. The van der Waals surface area contributed by atoms with Crippen molar-refractivity contribution in [1.82, 2.24) is 24.7 Å². The van der Waals surface area contributed by atoms with Gasteiger partial charge in [0, 0.05) is 33.2 Å². The Bertz CT molecular complexity index is 1060. The SMILES string of the molecule is CCCO[C@@H](c1ncc(C)cn1)[C@H](C)S(=O)(=O)Nc1nnc([C@H]2CC[C@@H](C)O2)n1C(COC)COC. The molecule has 0 spiro atoms. The lowest BCUT2D eigenvalue weighted by atomic mass is 10.2. The second-order valence-corrected chi connectivity index (χ2v) is 11.1. The number of aromatic nitrogens is 5. The lowest BCUT2D eigenvalue weighted by Gasteiger charge is -2.25. The summed E-state index contributed by atoms with van der Waals surface area (Å²) in [5, 5.41) is 7.50. The number of hydrogen-bond donors (Lipinski definition) is 1. The maximum atomic E-state index is 13.6. The van der Waals surface area contributed by atoms with Gasteiger partial charge in [0.1, 0.15) is 17.5 Å². The summed E-state index contributed by atoms with van der Waals surface area (Å²) in [6, 6.07) is -0.370. The fourth-order valence-electron chi connectivity index (χ4n) is 4.12. The highest BCUT2D eigenvalue weighted by Crippen LogP contribution is 2.35. The third kappa shape index (κ3) is 6.76. The van der Waals surface area contributed by atoms with Gasteiger partial charge in [-0.3, -0.25) is 9.29 Å².